The van der Waals surface area contributed by atoms with Crippen molar-refractivity contribution >= 4 is 35.6 Å². The summed E-state index contributed by atoms with van der Waals surface area (Å²) in [7, 11) is 0. The van der Waals surface area contributed by atoms with Crippen LogP contribution in [-0.2, 0) is 0 Å². The Hall–Kier alpha value is 0.570. The first-order valence-corrected chi connectivity index (χ1v) is 3.30. The second-order valence-corrected chi connectivity index (χ2v) is 2.65. The number of hydrogen-bond acceptors (Lipinski definition) is 1. The summed E-state index contributed by atoms with van der Waals surface area (Å²) >= 11 is 11.3. The van der Waals surface area contributed by atoms with Crippen molar-refractivity contribution in [1.29, 1.82) is 0 Å². The van der Waals surface area contributed by atoms with Crippen LogP contribution in [0.15, 0.2) is 10.1 Å². The third-order valence-electron chi connectivity index (χ3n) is 1.10. The molecule has 0 aromatic carbocycles. The Kier molecular flexibility index (Phi) is 4.67. The third kappa shape index (κ3) is 2.76. The second kappa shape index (κ2) is 4.40. The van der Waals surface area contributed by atoms with Crippen LogP contribution in [0.2, 0.25) is 0 Å². The van der Waals surface area contributed by atoms with Gasteiger partial charge in [0.05, 0.1) is 0 Å². The van der Waals surface area contributed by atoms with Gasteiger partial charge in [-0.3, -0.25) is 0 Å². The Morgan fingerprint density at radius 1 is 1.22 bits per heavy atom. The van der Waals surface area contributed by atoms with Crippen LogP contribution in [0, 0.1) is 0 Å². The summed E-state index contributed by atoms with van der Waals surface area (Å²) in [5.74, 6) is 0. The fraction of sp³-hybridized carbons (Fsp3) is 0.600. The fourth-order valence-corrected chi connectivity index (χ4v) is 0.978. The Balaban J connectivity index is 0.000000640. The van der Waals surface area contributed by atoms with E-state index in [0.29, 0.717) is 0 Å². The molecular formula is C5H8Cl3N. The maximum Gasteiger partial charge on any atom is 0.0464 e. The van der Waals surface area contributed by atoms with E-state index in [2.05, 4.69) is 5.32 Å². The molecule has 0 atom stereocenters. The molecule has 9 heavy (non-hydrogen) atoms. The molecule has 1 heterocycles. The Morgan fingerprint density at radius 3 is 2.22 bits per heavy atom. The van der Waals surface area contributed by atoms with Gasteiger partial charge in [-0.1, -0.05) is 23.2 Å². The second-order valence-electron chi connectivity index (χ2n) is 1.74. The Bertz CT molecular complexity index is 107. The lowest BCUT2D eigenvalue weighted by Crippen LogP contribution is -2.21. The van der Waals surface area contributed by atoms with Crippen molar-refractivity contribution in [3.05, 3.63) is 10.1 Å². The van der Waals surface area contributed by atoms with Crippen LogP contribution >= 0.6 is 35.6 Å². The molecule has 0 unspecified atom stereocenters. The molecule has 1 aliphatic rings. The highest BCUT2D eigenvalue weighted by molar-refractivity contribution is 6.39. The van der Waals surface area contributed by atoms with Gasteiger partial charge < -0.3 is 5.32 Å². The molecule has 1 nitrogen and oxygen atoms in total. The van der Waals surface area contributed by atoms with Crippen LogP contribution in [-0.4, -0.2) is 13.1 Å². The maximum atomic E-state index is 5.67. The average molecular weight is 188 g/mol. The molecule has 1 aliphatic heterocycles. The van der Waals surface area contributed by atoms with E-state index in [1.807, 2.05) is 0 Å². The molecule has 0 aromatic rings. The van der Waals surface area contributed by atoms with Crippen molar-refractivity contribution in [3.63, 3.8) is 0 Å². The standard InChI is InChI=1S/C5H7Cl2N.ClH/c6-4-1-2-8-3-5(4)7;/h8H,1-3H2;1H. The Labute approximate surface area is 70.8 Å². The van der Waals surface area contributed by atoms with E-state index in [-0.39, 0.29) is 12.4 Å². The lowest BCUT2D eigenvalue weighted by Gasteiger charge is -2.10. The maximum absolute atomic E-state index is 5.67. The molecule has 0 radical (unpaired) electrons. The van der Waals surface area contributed by atoms with Crippen LogP contribution in [0.3, 0.4) is 0 Å². The van der Waals surface area contributed by atoms with Crippen molar-refractivity contribution < 1.29 is 0 Å². The number of hydrogen-bond donors (Lipinski definition) is 1. The summed E-state index contributed by atoms with van der Waals surface area (Å²) in [5, 5.41) is 4.66. The minimum atomic E-state index is 0. The van der Waals surface area contributed by atoms with Crippen LogP contribution in [0.1, 0.15) is 6.42 Å². The topological polar surface area (TPSA) is 12.0 Å². The van der Waals surface area contributed by atoms with Gasteiger partial charge in [-0.25, -0.2) is 0 Å². The van der Waals surface area contributed by atoms with E-state index in [0.717, 1.165) is 29.6 Å². The Morgan fingerprint density at radius 2 is 1.89 bits per heavy atom. The molecule has 0 aromatic heterocycles. The van der Waals surface area contributed by atoms with Gasteiger partial charge in [-0.05, 0) is 6.42 Å². The van der Waals surface area contributed by atoms with E-state index in [4.69, 9.17) is 23.2 Å². The minimum Gasteiger partial charge on any atom is -0.311 e. The van der Waals surface area contributed by atoms with Crippen molar-refractivity contribution in [2.24, 2.45) is 0 Å². The van der Waals surface area contributed by atoms with E-state index in [1.54, 1.807) is 0 Å². The van der Waals surface area contributed by atoms with Crippen LogP contribution in [0.5, 0.6) is 0 Å². The first kappa shape index (κ1) is 9.57. The number of halogens is 3. The van der Waals surface area contributed by atoms with Crippen molar-refractivity contribution in [2.75, 3.05) is 13.1 Å². The zero-order chi connectivity index (χ0) is 5.98. The zero-order valence-corrected chi connectivity index (χ0v) is 7.11. The first-order chi connectivity index (χ1) is 3.80. The van der Waals surface area contributed by atoms with Crippen LogP contribution < -0.4 is 5.32 Å². The van der Waals surface area contributed by atoms with E-state index < -0.39 is 0 Å². The summed E-state index contributed by atoms with van der Waals surface area (Å²) in [5.41, 5.74) is 0. The summed E-state index contributed by atoms with van der Waals surface area (Å²) in [6.07, 6.45) is 0.875. The summed E-state index contributed by atoms with van der Waals surface area (Å²) in [6.45, 7) is 1.69. The average Bonchev–Trinajstić information content (AvgIpc) is 1.77. The van der Waals surface area contributed by atoms with Gasteiger partial charge in [0.2, 0.25) is 0 Å². The van der Waals surface area contributed by atoms with Gasteiger partial charge >= 0.3 is 0 Å². The van der Waals surface area contributed by atoms with Crippen LogP contribution in [0.25, 0.3) is 0 Å². The van der Waals surface area contributed by atoms with Gasteiger partial charge in [0.15, 0.2) is 0 Å². The summed E-state index contributed by atoms with van der Waals surface area (Å²) < 4.78 is 0. The molecule has 0 saturated heterocycles. The summed E-state index contributed by atoms with van der Waals surface area (Å²) in [6, 6.07) is 0. The highest BCUT2D eigenvalue weighted by Gasteiger charge is 2.05. The molecule has 4 heteroatoms. The lowest BCUT2D eigenvalue weighted by molar-refractivity contribution is 0.713. The molecule has 0 bridgehead atoms. The van der Waals surface area contributed by atoms with Crippen molar-refractivity contribution in [3.8, 4) is 0 Å². The van der Waals surface area contributed by atoms with Gasteiger partial charge in [0.1, 0.15) is 0 Å². The molecule has 1 rings (SSSR count). The van der Waals surface area contributed by atoms with Crippen molar-refractivity contribution in [2.45, 2.75) is 6.42 Å². The van der Waals surface area contributed by atoms with Gasteiger partial charge in [-0.15, -0.1) is 12.4 Å². The molecular weight excluding hydrogens is 180 g/mol. The highest BCUT2D eigenvalue weighted by atomic mass is 35.5. The largest absolute Gasteiger partial charge is 0.311 e. The van der Waals surface area contributed by atoms with Gasteiger partial charge in [-0.2, -0.15) is 0 Å². The lowest BCUT2D eigenvalue weighted by atomic mass is 10.3. The molecule has 0 fully saturated rings. The number of nitrogens with one attached hydrogen (secondary N) is 1. The zero-order valence-electron chi connectivity index (χ0n) is 4.79. The molecule has 1 N–H and O–H groups in total. The molecule has 0 spiro atoms. The van der Waals surface area contributed by atoms with E-state index in [9.17, 15) is 0 Å². The van der Waals surface area contributed by atoms with Crippen molar-refractivity contribution in [1.82, 2.24) is 5.32 Å². The van der Waals surface area contributed by atoms with E-state index in [1.165, 1.54) is 0 Å². The monoisotopic (exact) mass is 187 g/mol. The van der Waals surface area contributed by atoms with Gasteiger partial charge in [0.25, 0.3) is 0 Å². The predicted octanol–water partition coefficient (Wildman–Crippen LogP) is 2.09. The molecule has 0 aliphatic carbocycles. The normalized spacial score (nSPS) is 19.3. The third-order valence-corrected chi connectivity index (χ3v) is 1.97. The smallest absolute Gasteiger partial charge is 0.0464 e. The first-order valence-electron chi connectivity index (χ1n) is 2.54. The van der Waals surface area contributed by atoms with Gasteiger partial charge in [0, 0.05) is 23.2 Å². The fourth-order valence-electron chi connectivity index (χ4n) is 0.628. The minimum absolute atomic E-state index is 0. The quantitative estimate of drug-likeness (QED) is 0.614. The van der Waals surface area contributed by atoms with E-state index >= 15 is 0 Å². The highest BCUT2D eigenvalue weighted by Crippen LogP contribution is 2.18. The SMILES string of the molecule is Cl.ClC1=C(Cl)CNCC1. The number of rotatable bonds is 0. The molecule has 0 saturated carbocycles. The predicted molar refractivity (Wildman–Crippen MR) is 43.5 cm³/mol. The summed E-state index contributed by atoms with van der Waals surface area (Å²) in [4.78, 5) is 0. The molecule has 54 valence electrons. The van der Waals surface area contributed by atoms with Crippen LogP contribution in [0.4, 0.5) is 0 Å². The molecule has 0 amide bonds.